The van der Waals surface area contributed by atoms with E-state index in [4.69, 9.17) is 0 Å². The van der Waals surface area contributed by atoms with E-state index in [2.05, 4.69) is 5.32 Å². The molecule has 2 rings (SSSR count). The minimum atomic E-state index is -3.63. The molecule has 1 unspecified atom stereocenters. The van der Waals surface area contributed by atoms with Gasteiger partial charge in [0.1, 0.15) is 4.21 Å². The van der Waals surface area contributed by atoms with E-state index < -0.39 is 25.9 Å². The Bertz CT molecular complexity index is 722. The summed E-state index contributed by atoms with van der Waals surface area (Å²) in [6, 6.07) is 1.20. The molecule has 6 nitrogen and oxygen atoms in total. The topological polar surface area (TPSA) is 83.6 Å². The summed E-state index contributed by atoms with van der Waals surface area (Å²) in [5.74, 6) is -0.0253. The SMILES string of the molecule is CNCc1sc(S(=O)(=O)N(C)C2CCS(=O)(=O)C2)cc1C. The molecule has 1 aliphatic rings. The molecule has 9 heteroatoms. The van der Waals surface area contributed by atoms with Crippen molar-refractivity contribution in [2.24, 2.45) is 0 Å². The first-order valence-electron chi connectivity index (χ1n) is 6.60. The molecule has 1 aromatic heterocycles. The van der Waals surface area contributed by atoms with E-state index in [-0.39, 0.29) is 15.7 Å². The normalized spacial score (nSPS) is 22.0. The first-order chi connectivity index (χ1) is 9.67. The van der Waals surface area contributed by atoms with Gasteiger partial charge in [-0.3, -0.25) is 0 Å². The molecular formula is C12H20N2O4S3. The summed E-state index contributed by atoms with van der Waals surface area (Å²) in [7, 11) is -3.47. The number of nitrogens with one attached hydrogen (secondary N) is 1. The summed E-state index contributed by atoms with van der Waals surface area (Å²) in [6.07, 6.45) is 0.367. The number of thiophene rings is 1. The summed E-state index contributed by atoms with van der Waals surface area (Å²) >= 11 is 1.24. The third-order valence-electron chi connectivity index (χ3n) is 3.69. The number of aryl methyl sites for hydroxylation is 1. The quantitative estimate of drug-likeness (QED) is 0.838. The summed E-state index contributed by atoms with van der Waals surface area (Å²) in [5.41, 5.74) is 0.931. The lowest BCUT2D eigenvalue weighted by Gasteiger charge is -2.21. The molecule has 2 heterocycles. The van der Waals surface area contributed by atoms with Gasteiger partial charge in [-0.25, -0.2) is 16.8 Å². The molecule has 0 bridgehead atoms. The monoisotopic (exact) mass is 352 g/mol. The second-order valence-electron chi connectivity index (χ2n) is 5.28. The molecule has 1 aliphatic heterocycles. The fourth-order valence-electron chi connectivity index (χ4n) is 2.35. The minimum absolute atomic E-state index is 0.0615. The van der Waals surface area contributed by atoms with Gasteiger partial charge in [0.05, 0.1) is 11.5 Å². The molecule has 0 spiro atoms. The highest BCUT2D eigenvalue weighted by molar-refractivity contribution is 7.92. The van der Waals surface area contributed by atoms with Gasteiger partial charge < -0.3 is 5.32 Å². The molecule has 0 amide bonds. The van der Waals surface area contributed by atoms with Crippen molar-refractivity contribution in [1.82, 2.24) is 9.62 Å². The fraction of sp³-hybridized carbons (Fsp3) is 0.667. The zero-order valence-corrected chi connectivity index (χ0v) is 14.7. The van der Waals surface area contributed by atoms with Crippen molar-refractivity contribution in [1.29, 1.82) is 0 Å². The van der Waals surface area contributed by atoms with Crippen LogP contribution in [0.1, 0.15) is 16.9 Å². The predicted octanol–water partition coefficient (Wildman–Crippen LogP) is 0.584. The third-order valence-corrected chi connectivity index (χ3v) is 9.04. The number of hydrogen-bond acceptors (Lipinski definition) is 6. The molecule has 0 aliphatic carbocycles. The van der Waals surface area contributed by atoms with Gasteiger partial charge in [-0.2, -0.15) is 4.31 Å². The number of rotatable bonds is 5. The average molecular weight is 353 g/mol. The minimum Gasteiger partial charge on any atom is -0.315 e. The maximum atomic E-state index is 12.6. The van der Waals surface area contributed by atoms with Crippen LogP contribution in [0.3, 0.4) is 0 Å². The van der Waals surface area contributed by atoms with Crippen LogP contribution in [0.4, 0.5) is 0 Å². The summed E-state index contributed by atoms with van der Waals surface area (Å²) < 4.78 is 49.8. The van der Waals surface area contributed by atoms with Gasteiger partial charge in [-0.15, -0.1) is 11.3 Å². The Morgan fingerprint density at radius 2 is 2.14 bits per heavy atom. The van der Waals surface area contributed by atoms with E-state index in [1.165, 1.54) is 22.7 Å². The van der Waals surface area contributed by atoms with Crippen LogP contribution < -0.4 is 5.32 Å². The van der Waals surface area contributed by atoms with Crippen LogP contribution in [0, 0.1) is 6.92 Å². The van der Waals surface area contributed by atoms with Crippen LogP contribution in [-0.4, -0.2) is 52.8 Å². The van der Waals surface area contributed by atoms with Crippen molar-refractivity contribution in [3.8, 4) is 0 Å². The second kappa shape index (κ2) is 5.96. The van der Waals surface area contributed by atoms with E-state index >= 15 is 0 Å². The van der Waals surface area contributed by atoms with Crippen molar-refractivity contribution in [2.45, 2.75) is 30.1 Å². The highest BCUT2D eigenvalue weighted by atomic mass is 32.2. The van der Waals surface area contributed by atoms with Crippen molar-refractivity contribution >= 4 is 31.2 Å². The van der Waals surface area contributed by atoms with E-state index in [0.29, 0.717) is 13.0 Å². The number of sulfonamides is 1. The van der Waals surface area contributed by atoms with Crippen LogP contribution in [0.5, 0.6) is 0 Å². The van der Waals surface area contributed by atoms with E-state index in [0.717, 1.165) is 10.4 Å². The molecule has 21 heavy (non-hydrogen) atoms. The summed E-state index contributed by atoms with van der Waals surface area (Å²) in [6.45, 7) is 2.50. The molecule has 1 aromatic rings. The molecular weight excluding hydrogens is 332 g/mol. The molecule has 0 aromatic carbocycles. The number of hydrogen-bond donors (Lipinski definition) is 1. The highest BCUT2D eigenvalue weighted by Crippen LogP contribution is 2.30. The maximum Gasteiger partial charge on any atom is 0.252 e. The largest absolute Gasteiger partial charge is 0.315 e. The Balaban J connectivity index is 2.27. The van der Waals surface area contributed by atoms with Crippen LogP contribution in [0.25, 0.3) is 0 Å². The molecule has 1 saturated heterocycles. The van der Waals surface area contributed by atoms with E-state index in [9.17, 15) is 16.8 Å². The number of nitrogens with zero attached hydrogens (tertiary/aromatic N) is 1. The Kier molecular flexibility index (Phi) is 4.79. The Hall–Kier alpha value is -0.480. The van der Waals surface area contributed by atoms with Crippen LogP contribution >= 0.6 is 11.3 Å². The Morgan fingerprint density at radius 1 is 1.48 bits per heavy atom. The second-order valence-corrected chi connectivity index (χ2v) is 10.9. The fourth-order valence-corrected chi connectivity index (χ4v) is 7.39. The van der Waals surface area contributed by atoms with Crippen LogP contribution in [0.15, 0.2) is 10.3 Å². The lowest BCUT2D eigenvalue weighted by molar-refractivity contribution is 0.395. The van der Waals surface area contributed by atoms with Crippen molar-refractivity contribution < 1.29 is 16.8 Å². The lowest BCUT2D eigenvalue weighted by Crippen LogP contribution is -2.37. The molecule has 120 valence electrons. The highest BCUT2D eigenvalue weighted by Gasteiger charge is 2.37. The summed E-state index contributed by atoms with van der Waals surface area (Å²) in [4.78, 5) is 0.975. The van der Waals surface area contributed by atoms with Crippen molar-refractivity contribution in [3.63, 3.8) is 0 Å². The summed E-state index contributed by atoms with van der Waals surface area (Å²) in [5, 5.41) is 3.01. The molecule has 1 N–H and O–H groups in total. The Morgan fingerprint density at radius 3 is 2.67 bits per heavy atom. The zero-order valence-electron chi connectivity index (χ0n) is 12.3. The first kappa shape index (κ1) is 16.9. The third kappa shape index (κ3) is 3.48. The standard InChI is InChI=1S/C12H20N2O4S3/c1-9-6-12(19-11(9)7-13-2)21(17,18)14(3)10-4-5-20(15,16)8-10/h6,10,13H,4-5,7-8H2,1-3H3. The number of sulfone groups is 1. The maximum absolute atomic E-state index is 12.6. The average Bonchev–Trinajstić information content (AvgIpc) is 2.93. The molecule has 0 saturated carbocycles. The predicted molar refractivity (Wildman–Crippen MR) is 83.8 cm³/mol. The van der Waals surface area contributed by atoms with Crippen molar-refractivity contribution in [3.05, 3.63) is 16.5 Å². The smallest absolute Gasteiger partial charge is 0.252 e. The first-order valence-corrected chi connectivity index (χ1v) is 10.7. The van der Waals surface area contributed by atoms with Gasteiger partial charge in [0, 0.05) is 24.5 Å². The van der Waals surface area contributed by atoms with Crippen LogP contribution in [-0.2, 0) is 26.4 Å². The molecule has 1 fully saturated rings. The zero-order chi connectivity index (χ0) is 15.8. The van der Waals surface area contributed by atoms with Gasteiger partial charge in [-0.1, -0.05) is 0 Å². The van der Waals surface area contributed by atoms with Gasteiger partial charge in [0.25, 0.3) is 10.0 Å². The molecule has 1 atom stereocenters. The van der Waals surface area contributed by atoms with Gasteiger partial charge in [0.15, 0.2) is 9.84 Å². The lowest BCUT2D eigenvalue weighted by atomic mass is 10.3. The van der Waals surface area contributed by atoms with E-state index in [1.807, 2.05) is 14.0 Å². The van der Waals surface area contributed by atoms with Crippen LogP contribution in [0.2, 0.25) is 0 Å². The van der Waals surface area contributed by atoms with Gasteiger partial charge in [0.2, 0.25) is 0 Å². The van der Waals surface area contributed by atoms with E-state index in [1.54, 1.807) is 6.07 Å². The van der Waals surface area contributed by atoms with Gasteiger partial charge in [-0.05, 0) is 32.0 Å². The van der Waals surface area contributed by atoms with Crippen molar-refractivity contribution in [2.75, 3.05) is 25.6 Å². The van der Waals surface area contributed by atoms with Gasteiger partial charge >= 0.3 is 0 Å². The molecule has 0 radical (unpaired) electrons. The Labute approximate surface area is 130 Å².